The van der Waals surface area contributed by atoms with Crippen LogP contribution in [0.2, 0.25) is 0 Å². The van der Waals surface area contributed by atoms with Crippen LogP contribution in [0.1, 0.15) is 11.1 Å². The second kappa shape index (κ2) is 6.68. The van der Waals surface area contributed by atoms with Gasteiger partial charge in [0.05, 0.1) is 11.4 Å². The summed E-state index contributed by atoms with van der Waals surface area (Å²) in [5, 5.41) is 28.6. The van der Waals surface area contributed by atoms with E-state index in [9.17, 15) is 0 Å². The molecule has 0 fully saturated rings. The van der Waals surface area contributed by atoms with Gasteiger partial charge in [-0.3, -0.25) is 10.8 Å². The Morgan fingerprint density at radius 3 is 2.06 bits per heavy atom. The quantitative estimate of drug-likeness (QED) is 0.639. The number of aromatic hydroxyl groups is 1. The van der Waals surface area contributed by atoms with Crippen molar-refractivity contribution in [2.45, 2.75) is 0 Å². The second-order valence-corrected chi connectivity index (χ2v) is 4.09. The molecule has 0 aliphatic heterocycles. The summed E-state index contributed by atoms with van der Waals surface area (Å²) in [6, 6.07) is 8.13. The first-order valence-corrected chi connectivity index (χ1v) is 6.20. The molecule has 4 nitrogen and oxygen atoms in total. The number of hydrogen-bond acceptors (Lipinski definition) is 5. The number of nitrogens with one attached hydrogen (secondary N) is 2. The molecule has 0 radical (unpaired) electrons. The predicted octanol–water partition coefficient (Wildman–Crippen LogP) is 2.46. The van der Waals surface area contributed by atoms with Gasteiger partial charge in [-0.2, -0.15) is 11.3 Å². The molecule has 1 heterocycles. The molecule has 0 bridgehead atoms. The van der Waals surface area contributed by atoms with Gasteiger partial charge in [0.25, 0.3) is 0 Å². The highest BCUT2D eigenvalue weighted by Gasteiger charge is 2.10. The molecule has 0 aliphatic carbocycles. The number of phenols is 1. The monoisotopic (exact) mass is 261 g/mol. The molecule has 0 atom stereocenters. The van der Waals surface area contributed by atoms with Crippen LogP contribution in [0.3, 0.4) is 0 Å². The van der Waals surface area contributed by atoms with Gasteiger partial charge in [0.15, 0.2) is 0 Å². The summed E-state index contributed by atoms with van der Waals surface area (Å²) in [7, 11) is 1.50. The van der Waals surface area contributed by atoms with Crippen molar-refractivity contribution >= 4 is 22.8 Å². The summed E-state index contributed by atoms with van der Waals surface area (Å²) in [5.74, 6) is 0.165. The number of phenolic OH excluding ortho intramolecular Hbond substituents is 1. The van der Waals surface area contributed by atoms with E-state index < -0.39 is 0 Å². The van der Waals surface area contributed by atoms with Gasteiger partial charge in [0, 0.05) is 16.5 Å². The Kier molecular flexibility index (Phi) is 5.23. The lowest BCUT2D eigenvalue weighted by molar-refractivity contribution is 0.475. The van der Waals surface area contributed by atoms with Crippen LogP contribution in [0.25, 0.3) is 0 Å². The zero-order chi connectivity index (χ0) is 13.5. The zero-order valence-electron chi connectivity index (χ0n) is 9.97. The minimum Gasteiger partial charge on any atom is -0.508 e. The van der Waals surface area contributed by atoms with E-state index in [4.69, 9.17) is 15.9 Å². The van der Waals surface area contributed by atoms with E-state index in [-0.39, 0.29) is 17.2 Å². The van der Waals surface area contributed by atoms with Crippen LogP contribution in [-0.2, 0) is 0 Å². The molecule has 0 saturated carbocycles. The minimum atomic E-state index is 0.165. The molecule has 0 unspecified atom stereocenters. The molecule has 2 aromatic rings. The molecular formula is C13H15N3OS. The van der Waals surface area contributed by atoms with E-state index in [1.54, 1.807) is 12.1 Å². The van der Waals surface area contributed by atoms with Gasteiger partial charge in [-0.1, -0.05) is 0 Å². The van der Waals surface area contributed by atoms with Crippen molar-refractivity contribution in [1.82, 2.24) is 0 Å². The van der Waals surface area contributed by atoms with Gasteiger partial charge in [-0.25, -0.2) is 0 Å². The van der Waals surface area contributed by atoms with Gasteiger partial charge in [0.2, 0.25) is 0 Å². The van der Waals surface area contributed by atoms with Crippen molar-refractivity contribution in [1.29, 1.82) is 10.8 Å². The van der Waals surface area contributed by atoms with Gasteiger partial charge in [0.1, 0.15) is 5.75 Å². The van der Waals surface area contributed by atoms with Gasteiger partial charge >= 0.3 is 0 Å². The number of nitrogens with two attached hydrogens (primary N) is 1. The highest BCUT2D eigenvalue weighted by Crippen LogP contribution is 2.14. The zero-order valence-corrected chi connectivity index (χ0v) is 10.8. The molecule has 5 N–H and O–H groups in total. The van der Waals surface area contributed by atoms with E-state index >= 15 is 0 Å². The molecule has 18 heavy (non-hydrogen) atoms. The first-order chi connectivity index (χ1) is 8.68. The number of thiophene rings is 1. The van der Waals surface area contributed by atoms with Crippen molar-refractivity contribution in [3.8, 4) is 5.75 Å². The van der Waals surface area contributed by atoms with E-state index in [1.165, 1.54) is 30.5 Å². The third-order valence-corrected chi connectivity index (χ3v) is 2.90. The fourth-order valence-electron chi connectivity index (χ4n) is 1.32. The lowest BCUT2D eigenvalue weighted by atomic mass is 10.0. The molecule has 1 aromatic heterocycles. The summed E-state index contributed by atoms with van der Waals surface area (Å²) < 4.78 is 0. The van der Waals surface area contributed by atoms with E-state index in [0.717, 1.165) is 5.56 Å². The van der Waals surface area contributed by atoms with Crippen molar-refractivity contribution in [2.75, 3.05) is 7.05 Å². The lowest BCUT2D eigenvalue weighted by Crippen LogP contribution is -2.13. The third-order valence-electron chi connectivity index (χ3n) is 2.22. The van der Waals surface area contributed by atoms with Crippen molar-refractivity contribution in [3.63, 3.8) is 0 Å². The molecule has 0 spiro atoms. The highest BCUT2D eigenvalue weighted by molar-refractivity contribution is 7.08. The lowest BCUT2D eigenvalue weighted by Gasteiger charge is -2.04. The molecule has 0 aliphatic rings. The van der Waals surface area contributed by atoms with E-state index in [2.05, 4.69) is 5.73 Å². The number of hydrogen-bond donors (Lipinski definition) is 4. The molecule has 0 amide bonds. The first kappa shape index (κ1) is 14.1. The third kappa shape index (κ3) is 3.26. The topological polar surface area (TPSA) is 94.0 Å². The number of rotatable bonds is 3. The Morgan fingerprint density at radius 2 is 1.56 bits per heavy atom. The van der Waals surface area contributed by atoms with Crippen LogP contribution in [-0.4, -0.2) is 23.6 Å². The standard InChI is InChI=1S/C12H10N2OS.CH5N/c13-11(8-1-3-10(15)4-2-8)12(14)9-5-6-16-7-9;1-2/h1-7,13-15H;2H2,1H3. The fraction of sp³-hybridized carbons (Fsp3) is 0.0769. The first-order valence-electron chi connectivity index (χ1n) is 5.25. The maximum atomic E-state index is 9.14. The number of benzene rings is 1. The minimum absolute atomic E-state index is 0.165. The van der Waals surface area contributed by atoms with E-state index in [0.29, 0.717) is 5.56 Å². The van der Waals surface area contributed by atoms with Crippen LogP contribution in [0.4, 0.5) is 0 Å². The van der Waals surface area contributed by atoms with Crippen LogP contribution in [0.15, 0.2) is 41.1 Å². The Bertz CT molecular complexity index is 518. The summed E-state index contributed by atoms with van der Waals surface area (Å²) in [6.07, 6.45) is 0. The summed E-state index contributed by atoms with van der Waals surface area (Å²) >= 11 is 1.51. The van der Waals surface area contributed by atoms with Crippen molar-refractivity contribution in [2.24, 2.45) is 5.73 Å². The normalized spacial score (nSPS) is 9.22. The fourth-order valence-corrected chi connectivity index (χ4v) is 1.97. The Morgan fingerprint density at radius 1 is 1.00 bits per heavy atom. The largest absolute Gasteiger partial charge is 0.508 e. The van der Waals surface area contributed by atoms with Crippen molar-refractivity contribution < 1.29 is 5.11 Å². The molecule has 94 valence electrons. The SMILES string of the molecule is CN.N=C(C(=N)c1ccsc1)c1ccc(O)cc1. The van der Waals surface area contributed by atoms with E-state index in [1.807, 2.05) is 16.8 Å². The van der Waals surface area contributed by atoms with Crippen LogP contribution < -0.4 is 5.73 Å². The van der Waals surface area contributed by atoms with Crippen molar-refractivity contribution in [3.05, 3.63) is 52.2 Å². The Labute approximate surface area is 110 Å². The molecule has 1 aromatic carbocycles. The van der Waals surface area contributed by atoms with Crippen LogP contribution in [0.5, 0.6) is 5.75 Å². The Hall–Kier alpha value is -1.98. The molecule has 5 heteroatoms. The van der Waals surface area contributed by atoms with Gasteiger partial charge < -0.3 is 10.8 Å². The molecule has 2 rings (SSSR count). The average molecular weight is 261 g/mol. The molecule has 0 saturated heterocycles. The smallest absolute Gasteiger partial charge is 0.115 e. The van der Waals surface area contributed by atoms with Gasteiger partial charge in [-0.05, 0) is 42.8 Å². The molecular weight excluding hydrogens is 246 g/mol. The maximum Gasteiger partial charge on any atom is 0.115 e. The van der Waals surface area contributed by atoms with Crippen LogP contribution in [0, 0.1) is 10.8 Å². The average Bonchev–Trinajstić information content (AvgIpc) is 2.94. The second-order valence-electron chi connectivity index (χ2n) is 3.31. The summed E-state index contributed by atoms with van der Waals surface area (Å²) in [6.45, 7) is 0. The summed E-state index contributed by atoms with van der Waals surface area (Å²) in [4.78, 5) is 0. The predicted molar refractivity (Wildman–Crippen MR) is 76.2 cm³/mol. The summed E-state index contributed by atoms with van der Waals surface area (Å²) in [5.41, 5.74) is 6.25. The highest BCUT2D eigenvalue weighted by atomic mass is 32.1. The van der Waals surface area contributed by atoms with Crippen LogP contribution >= 0.6 is 11.3 Å². The van der Waals surface area contributed by atoms with Gasteiger partial charge in [-0.15, -0.1) is 0 Å². The Balaban J connectivity index is 0.000000771. The maximum absolute atomic E-state index is 9.14.